The first-order valence-corrected chi connectivity index (χ1v) is 10.1. The average molecular weight is 399 g/mol. The third-order valence-electron chi connectivity index (χ3n) is 3.63. The zero-order valence-corrected chi connectivity index (χ0v) is 16.5. The molecular weight excluding hydrogens is 378 g/mol. The number of hydrogen-bond donors (Lipinski definition) is 0. The monoisotopic (exact) mass is 399 g/mol. The maximum Gasteiger partial charge on any atom is 0.378 e. The Morgan fingerprint density at radius 2 is 2.15 bits per heavy atom. The van der Waals surface area contributed by atoms with Crippen molar-refractivity contribution in [3.05, 3.63) is 30.1 Å². The van der Waals surface area contributed by atoms with Gasteiger partial charge in [-0.3, -0.25) is 4.18 Å². The normalized spacial score (nSPS) is 12.0. The summed E-state index contributed by atoms with van der Waals surface area (Å²) in [6.07, 6.45) is 2.10. The van der Waals surface area contributed by atoms with E-state index in [-0.39, 0.29) is 6.61 Å². The van der Waals surface area contributed by atoms with Gasteiger partial charge in [0.2, 0.25) is 16.7 Å². The highest BCUT2D eigenvalue weighted by Crippen LogP contribution is 2.26. The second-order valence-electron chi connectivity index (χ2n) is 5.54. The molecule has 0 bridgehead atoms. The minimum Gasteiger partial charge on any atom is -0.726 e. The van der Waals surface area contributed by atoms with E-state index in [1.165, 1.54) is 11.5 Å². The fourth-order valence-corrected chi connectivity index (χ4v) is 3.13. The number of anilines is 1. The van der Waals surface area contributed by atoms with E-state index in [9.17, 15) is 13.0 Å². The zero-order chi connectivity index (χ0) is 19.2. The third-order valence-corrected chi connectivity index (χ3v) is 4.81. The SMILES string of the molecule is CCN(CCCOS(=O)(=O)[O-])c1ccc(N=Nc2snc[n+]2C)c(C)c1. The second-order valence-corrected chi connectivity index (χ2v) is 7.35. The molecule has 0 amide bonds. The van der Waals surface area contributed by atoms with Crippen LogP contribution in [0.25, 0.3) is 0 Å². The molecule has 0 fully saturated rings. The van der Waals surface area contributed by atoms with Crippen LogP contribution in [0, 0.1) is 6.92 Å². The molecule has 0 spiro atoms. The van der Waals surface area contributed by atoms with Crippen LogP contribution >= 0.6 is 11.5 Å². The van der Waals surface area contributed by atoms with Gasteiger partial charge in [-0.25, -0.2) is 13.0 Å². The van der Waals surface area contributed by atoms with E-state index in [4.69, 9.17) is 0 Å². The number of aromatic nitrogens is 2. The Bertz CT molecular complexity index is 867. The van der Waals surface area contributed by atoms with Crippen LogP contribution in [0.15, 0.2) is 34.8 Å². The third kappa shape index (κ3) is 6.09. The van der Waals surface area contributed by atoms with Crippen molar-refractivity contribution in [2.45, 2.75) is 20.3 Å². The van der Waals surface area contributed by atoms with Crippen LogP contribution < -0.4 is 9.47 Å². The molecule has 1 aromatic heterocycles. The lowest BCUT2D eigenvalue weighted by Gasteiger charge is -2.23. The highest BCUT2D eigenvalue weighted by molar-refractivity contribution is 7.80. The van der Waals surface area contributed by atoms with Gasteiger partial charge in [0.05, 0.1) is 13.7 Å². The second kappa shape index (κ2) is 9.12. The maximum atomic E-state index is 10.5. The molecule has 9 nitrogen and oxygen atoms in total. The van der Waals surface area contributed by atoms with Gasteiger partial charge in [-0.2, -0.15) is 0 Å². The lowest BCUT2D eigenvalue weighted by molar-refractivity contribution is -0.656. The van der Waals surface area contributed by atoms with Crippen molar-refractivity contribution >= 4 is 38.4 Å². The highest BCUT2D eigenvalue weighted by Gasteiger charge is 2.10. The van der Waals surface area contributed by atoms with Crippen LogP contribution in [0.3, 0.4) is 0 Å². The minimum absolute atomic E-state index is 0.126. The van der Waals surface area contributed by atoms with Gasteiger partial charge < -0.3 is 9.45 Å². The predicted octanol–water partition coefficient (Wildman–Crippen LogP) is 2.38. The Kier molecular flexibility index (Phi) is 7.14. The van der Waals surface area contributed by atoms with Gasteiger partial charge >= 0.3 is 5.13 Å². The molecule has 2 rings (SSSR count). The van der Waals surface area contributed by atoms with E-state index in [1.807, 2.05) is 39.1 Å². The van der Waals surface area contributed by atoms with Crippen molar-refractivity contribution in [1.29, 1.82) is 0 Å². The van der Waals surface area contributed by atoms with Crippen molar-refractivity contribution < 1.29 is 21.7 Å². The number of benzene rings is 1. The number of rotatable bonds is 9. The Balaban J connectivity index is 2.02. The molecule has 1 aromatic carbocycles. The molecule has 0 aliphatic heterocycles. The fraction of sp³-hybridized carbons (Fsp3) is 0.467. The number of hydrogen-bond acceptors (Lipinski definition) is 9. The summed E-state index contributed by atoms with van der Waals surface area (Å²) in [7, 11) is -2.77. The van der Waals surface area contributed by atoms with Crippen LogP contribution in [0.2, 0.25) is 0 Å². The Hall–Kier alpha value is -1.95. The molecule has 0 atom stereocenters. The van der Waals surface area contributed by atoms with E-state index >= 15 is 0 Å². The van der Waals surface area contributed by atoms with Crippen LogP contribution in [-0.4, -0.2) is 37.0 Å². The quantitative estimate of drug-likeness (QED) is 0.210. The molecule has 0 radical (unpaired) electrons. The standard InChI is InChI=1S/C15H21N5O4S2/c1-4-20(8-5-9-24-26(21,22)23)13-6-7-14(12(2)10-13)17-18-15-19(3)11-16-25-15/h6-7,10-11H,4-5,8-9H2,1-3H3. The number of nitrogens with zero attached hydrogens (tertiary/aromatic N) is 5. The topological polar surface area (TPSA) is 111 Å². The predicted molar refractivity (Wildman–Crippen MR) is 96.8 cm³/mol. The van der Waals surface area contributed by atoms with Gasteiger partial charge in [0.25, 0.3) is 0 Å². The molecule has 0 aliphatic rings. The number of aryl methyl sites for hydroxylation is 2. The largest absolute Gasteiger partial charge is 0.726 e. The Morgan fingerprint density at radius 1 is 1.38 bits per heavy atom. The first-order chi connectivity index (χ1) is 12.3. The summed E-state index contributed by atoms with van der Waals surface area (Å²) in [6, 6.07) is 5.81. The molecule has 0 aliphatic carbocycles. The lowest BCUT2D eigenvalue weighted by atomic mass is 10.1. The molecule has 26 heavy (non-hydrogen) atoms. The van der Waals surface area contributed by atoms with E-state index in [0.717, 1.165) is 23.5 Å². The fourth-order valence-electron chi connectivity index (χ4n) is 2.28. The van der Waals surface area contributed by atoms with Crippen LogP contribution in [-0.2, 0) is 21.6 Å². The van der Waals surface area contributed by atoms with E-state index in [2.05, 4.69) is 23.7 Å². The van der Waals surface area contributed by atoms with E-state index in [1.54, 1.807) is 10.9 Å². The minimum atomic E-state index is -4.63. The first kappa shape index (κ1) is 20.4. The van der Waals surface area contributed by atoms with Crippen molar-refractivity contribution in [3.8, 4) is 0 Å². The van der Waals surface area contributed by atoms with Gasteiger partial charge in [0, 0.05) is 23.9 Å². The molecule has 2 aromatic rings. The summed E-state index contributed by atoms with van der Waals surface area (Å²) >= 11 is 1.27. The van der Waals surface area contributed by atoms with Crippen LogP contribution in [0.1, 0.15) is 18.9 Å². The summed E-state index contributed by atoms with van der Waals surface area (Å²) in [4.78, 5) is 2.07. The van der Waals surface area contributed by atoms with Crippen molar-refractivity contribution in [1.82, 2.24) is 4.37 Å². The Labute approximate surface area is 157 Å². The molecule has 0 unspecified atom stereocenters. The lowest BCUT2D eigenvalue weighted by Crippen LogP contribution is -2.25. The zero-order valence-electron chi connectivity index (χ0n) is 14.8. The van der Waals surface area contributed by atoms with E-state index in [0.29, 0.717) is 18.1 Å². The Morgan fingerprint density at radius 3 is 2.73 bits per heavy atom. The maximum absolute atomic E-state index is 10.5. The molecular formula is C15H21N5O4S2. The number of azo groups is 1. The molecule has 1 heterocycles. The summed E-state index contributed by atoms with van der Waals surface area (Å²) < 4.78 is 41.4. The molecule has 142 valence electrons. The van der Waals surface area contributed by atoms with Crippen LogP contribution in [0.4, 0.5) is 16.5 Å². The average Bonchev–Trinajstić information content (AvgIpc) is 2.98. The molecule has 0 N–H and O–H groups in total. The van der Waals surface area contributed by atoms with Gasteiger partial charge in [-0.15, -0.1) is 0 Å². The van der Waals surface area contributed by atoms with Gasteiger partial charge in [-0.05, 0) is 48.4 Å². The van der Waals surface area contributed by atoms with Crippen molar-refractivity contribution in [3.63, 3.8) is 0 Å². The smallest absolute Gasteiger partial charge is 0.378 e. The van der Waals surface area contributed by atoms with Crippen LogP contribution in [0.5, 0.6) is 0 Å². The van der Waals surface area contributed by atoms with Gasteiger partial charge in [-0.1, -0.05) is 5.11 Å². The van der Waals surface area contributed by atoms with Gasteiger partial charge in [0.1, 0.15) is 17.2 Å². The van der Waals surface area contributed by atoms with Gasteiger partial charge in [0.15, 0.2) is 0 Å². The molecule has 11 heteroatoms. The highest BCUT2D eigenvalue weighted by atomic mass is 32.3. The summed E-state index contributed by atoms with van der Waals surface area (Å²) in [5.41, 5.74) is 2.71. The molecule has 0 saturated carbocycles. The summed E-state index contributed by atoms with van der Waals surface area (Å²) in [6.45, 7) is 5.13. The summed E-state index contributed by atoms with van der Waals surface area (Å²) in [5.74, 6) is 0. The van der Waals surface area contributed by atoms with Crippen molar-refractivity contribution in [2.24, 2.45) is 17.3 Å². The molecule has 0 saturated heterocycles. The first-order valence-electron chi connectivity index (χ1n) is 7.98. The summed E-state index contributed by atoms with van der Waals surface area (Å²) in [5, 5.41) is 9.18. The van der Waals surface area contributed by atoms with E-state index < -0.39 is 10.4 Å². The van der Waals surface area contributed by atoms with Crippen molar-refractivity contribution in [2.75, 3.05) is 24.6 Å².